The summed E-state index contributed by atoms with van der Waals surface area (Å²) in [4.78, 5) is 26.9. The number of ether oxygens (including phenoxy) is 1. The van der Waals surface area contributed by atoms with Crippen molar-refractivity contribution in [1.82, 2.24) is 10.2 Å². The van der Waals surface area contributed by atoms with Gasteiger partial charge in [0.15, 0.2) is 9.84 Å². The standard InChI is InChI=1S/C18H18N2O5S3/c1-11(16(21)19-13-6-7-28(23,24)10-13)20-17(22)15(27-18(20)26)9-12-4-3-5-14(8-12)25-2/h3-9,11,13H,10H2,1-2H3,(H,19,21)/b15-9-/t11-,13-/m1/s1. The lowest BCUT2D eigenvalue weighted by atomic mass is 10.2. The van der Waals surface area contributed by atoms with Crippen LogP contribution < -0.4 is 10.1 Å². The summed E-state index contributed by atoms with van der Waals surface area (Å²) in [7, 11) is -1.72. The van der Waals surface area contributed by atoms with Crippen LogP contribution in [0.1, 0.15) is 12.5 Å². The number of nitrogens with zero attached hydrogens (tertiary/aromatic N) is 1. The Labute approximate surface area is 172 Å². The number of amides is 2. The molecule has 0 aliphatic carbocycles. The highest BCUT2D eigenvalue weighted by Crippen LogP contribution is 2.34. The summed E-state index contributed by atoms with van der Waals surface area (Å²) < 4.78 is 28.4. The molecule has 3 rings (SSSR count). The second-order valence-electron chi connectivity index (χ2n) is 6.28. The van der Waals surface area contributed by atoms with Gasteiger partial charge in [0.1, 0.15) is 16.1 Å². The van der Waals surface area contributed by atoms with Crippen molar-refractivity contribution in [2.75, 3.05) is 12.9 Å². The first kappa shape index (κ1) is 20.6. The van der Waals surface area contributed by atoms with Crippen molar-refractivity contribution in [1.29, 1.82) is 0 Å². The number of methoxy groups -OCH3 is 1. The molecule has 1 N–H and O–H groups in total. The number of rotatable bonds is 5. The van der Waals surface area contributed by atoms with Gasteiger partial charge in [-0.05, 0) is 36.8 Å². The molecule has 1 aromatic carbocycles. The SMILES string of the molecule is COc1cccc(/C=C2\SC(=S)N([C@H](C)C(=O)N[C@@H]3C=CS(=O)(=O)C3)C2=O)c1. The minimum Gasteiger partial charge on any atom is -0.497 e. The van der Waals surface area contributed by atoms with Crippen LogP contribution in [0.2, 0.25) is 0 Å². The molecular formula is C18H18N2O5S3. The monoisotopic (exact) mass is 438 g/mol. The molecule has 28 heavy (non-hydrogen) atoms. The van der Waals surface area contributed by atoms with Gasteiger partial charge in [-0.3, -0.25) is 14.5 Å². The lowest BCUT2D eigenvalue weighted by Crippen LogP contribution is -2.49. The molecule has 1 saturated heterocycles. The summed E-state index contributed by atoms with van der Waals surface area (Å²) in [6, 6.07) is 5.76. The molecule has 2 heterocycles. The van der Waals surface area contributed by atoms with Crippen LogP contribution in [0, 0.1) is 0 Å². The zero-order chi connectivity index (χ0) is 20.5. The number of thioether (sulfide) groups is 1. The molecule has 1 aromatic rings. The van der Waals surface area contributed by atoms with Crippen molar-refractivity contribution < 1.29 is 22.7 Å². The maximum Gasteiger partial charge on any atom is 0.266 e. The zero-order valence-corrected chi connectivity index (χ0v) is 17.6. The quantitative estimate of drug-likeness (QED) is 0.553. The normalized spacial score (nSPS) is 23.3. The number of carbonyl (C=O) groups excluding carboxylic acids is 2. The van der Waals surface area contributed by atoms with Crippen molar-refractivity contribution in [3.8, 4) is 5.75 Å². The Balaban J connectivity index is 1.73. The third-order valence-corrected chi connectivity index (χ3v) is 6.97. The van der Waals surface area contributed by atoms with Crippen LogP contribution >= 0.6 is 24.0 Å². The Hall–Kier alpha value is -2.17. The van der Waals surface area contributed by atoms with Crippen LogP contribution in [-0.4, -0.2) is 54.4 Å². The first-order chi connectivity index (χ1) is 13.2. The van der Waals surface area contributed by atoms with E-state index in [-0.39, 0.29) is 16.0 Å². The Bertz CT molecular complexity index is 1000. The maximum atomic E-state index is 12.8. The minimum absolute atomic E-state index is 0.181. The Kier molecular flexibility index (Phi) is 5.92. The van der Waals surface area contributed by atoms with Gasteiger partial charge in [0.25, 0.3) is 5.91 Å². The van der Waals surface area contributed by atoms with E-state index < -0.39 is 27.8 Å². The molecule has 0 radical (unpaired) electrons. The van der Waals surface area contributed by atoms with E-state index in [2.05, 4.69) is 5.32 Å². The molecule has 2 amide bonds. The van der Waals surface area contributed by atoms with Gasteiger partial charge in [-0.2, -0.15) is 0 Å². The number of sulfone groups is 1. The highest BCUT2D eigenvalue weighted by atomic mass is 32.2. The third-order valence-electron chi connectivity index (χ3n) is 4.24. The van der Waals surface area contributed by atoms with Crippen LogP contribution in [0.15, 0.2) is 40.7 Å². The van der Waals surface area contributed by atoms with Gasteiger partial charge in [0, 0.05) is 5.41 Å². The van der Waals surface area contributed by atoms with Gasteiger partial charge in [-0.15, -0.1) is 0 Å². The van der Waals surface area contributed by atoms with Crippen molar-refractivity contribution in [3.63, 3.8) is 0 Å². The molecule has 7 nitrogen and oxygen atoms in total. The second kappa shape index (κ2) is 8.06. The molecule has 0 spiro atoms. The van der Waals surface area contributed by atoms with Crippen molar-refractivity contribution in [3.05, 3.63) is 46.2 Å². The number of benzene rings is 1. The summed E-state index contributed by atoms with van der Waals surface area (Å²) in [5.41, 5.74) is 0.776. The first-order valence-corrected chi connectivity index (χ1v) is 11.3. The van der Waals surface area contributed by atoms with Gasteiger partial charge >= 0.3 is 0 Å². The molecule has 0 unspecified atom stereocenters. The molecular weight excluding hydrogens is 420 g/mol. The van der Waals surface area contributed by atoms with Crippen LogP contribution in [0.3, 0.4) is 0 Å². The number of nitrogens with one attached hydrogen (secondary N) is 1. The lowest BCUT2D eigenvalue weighted by molar-refractivity contribution is -0.132. The van der Waals surface area contributed by atoms with E-state index in [1.54, 1.807) is 32.2 Å². The molecule has 0 saturated carbocycles. The number of hydrogen-bond donors (Lipinski definition) is 1. The second-order valence-corrected chi connectivity index (χ2v) is 9.88. The topological polar surface area (TPSA) is 92.8 Å². The molecule has 2 aliphatic heterocycles. The predicted molar refractivity (Wildman–Crippen MR) is 112 cm³/mol. The summed E-state index contributed by atoms with van der Waals surface area (Å²) >= 11 is 6.40. The largest absolute Gasteiger partial charge is 0.497 e. The number of carbonyl (C=O) groups is 2. The van der Waals surface area contributed by atoms with E-state index in [9.17, 15) is 18.0 Å². The molecule has 2 atom stereocenters. The smallest absolute Gasteiger partial charge is 0.266 e. The van der Waals surface area contributed by atoms with Gasteiger partial charge < -0.3 is 10.1 Å². The minimum atomic E-state index is -3.28. The Morgan fingerprint density at radius 3 is 2.86 bits per heavy atom. The molecule has 2 aliphatic rings. The van der Waals surface area contributed by atoms with Crippen molar-refractivity contribution in [2.24, 2.45) is 0 Å². The summed E-state index contributed by atoms with van der Waals surface area (Å²) in [6.07, 6.45) is 3.12. The van der Waals surface area contributed by atoms with Crippen LogP contribution in [-0.2, 0) is 19.4 Å². The van der Waals surface area contributed by atoms with E-state index >= 15 is 0 Å². The fourth-order valence-corrected chi connectivity index (χ4v) is 5.44. The molecule has 10 heteroatoms. The summed E-state index contributed by atoms with van der Waals surface area (Å²) in [6.45, 7) is 1.56. The van der Waals surface area contributed by atoms with Gasteiger partial charge in [0.2, 0.25) is 5.91 Å². The predicted octanol–water partition coefficient (Wildman–Crippen LogP) is 1.71. The highest BCUT2D eigenvalue weighted by molar-refractivity contribution is 8.26. The van der Waals surface area contributed by atoms with E-state index in [0.29, 0.717) is 10.7 Å². The van der Waals surface area contributed by atoms with Crippen molar-refractivity contribution in [2.45, 2.75) is 19.0 Å². The molecule has 0 aromatic heterocycles. The Morgan fingerprint density at radius 1 is 1.46 bits per heavy atom. The van der Waals surface area contributed by atoms with Gasteiger partial charge in [-0.1, -0.05) is 36.1 Å². The third kappa shape index (κ3) is 4.45. The number of hydrogen-bond acceptors (Lipinski definition) is 7. The summed E-state index contributed by atoms with van der Waals surface area (Å²) in [5.74, 6) is -0.350. The van der Waals surface area contributed by atoms with E-state index in [1.165, 1.54) is 11.0 Å². The van der Waals surface area contributed by atoms with E-state index in [1.807, 2.05) is 12.1 Å². The lowest BCUT2D eigenvalue weighted by Gasteiger charge is -2.23. The molecule has 1 fully saturated rings. The van der Waals surface area contributed by atoms with Crippen LogP contribution in [0.25, 0.3) is 6.08 Å². The Morgan fingerprint density at radius 2 is 2.21 bits per heavy atom. The molecule has 148 valence electrons. The first-order valence-electron chi connectivity index (χ1n) is 8.32. The zero-order valence-electron chi connectivity index (χ0n) is 15.1. The maximum absolute atomic E-state index is 12.8. The average Bonchev–Trinajstić information content (AvgIpc) is 3.12. The summed E-state index contributed by atoms with van der Waals surface area (Å²) in [5, 5.41) is 3.71. The van der Waals surface area contributed by atoms with Crippen LogP contribution in [0.4, 0.5) is 0 Å². The van der Waals surface area contributed by atoms with E-state index in [4.69, 9.17) is 17.0 Å². The van der Waals surface area contributed by atoms with Gasteiger partial charge in [-0.25, -0.2) is 8.42 Å². The number of thiocarbonyl (C=S) groups is 1. The van der Waals surface area contributed by atoms with E-state index in [0.717, 1.165) is 22.7 Å². The van der Waals surface area contributed by atoms with Crippen molar-refractivity contribution >= 4 is 56.0 Å². The van der Waals surface area contributed by atoms with Crippen LogP contribution in [0.5, 0.6) is 5.75 Å². The molecule has 0 bridgehead atoms. The average molecular weight is 439 g/mol. The highest BCUT2D eigenvalue weighted by Gasteiger charge is 2.39. The van der Waals surface area contributed by atoms with Gasteiger partial charge in [0.05, 0.1) is 23.8 Å². The fraction of sp³-hybridized carbons (Fsp3) is 0.278. The fourth-order valence-electron chi connectivity index (χ4n) is 2.78.